The number of hydrogen-bond acceptors (Lipinski definition) is 2. The van der Waals surface area contributed by atoms with Gasteiger partial charge in [0.2, 0.25) is 0 Å². The van der Waals surface area contributed by atoms with Crippen molar-refractivity contribution in [3.8, 4) is 5.75 Å². The molecule has 2 nitrogen and oxygen atoms in total. The highest BCUT2D eigenvalue weighted by molar-refractivity contribution is 6.17. The first-order valence-electron chi connectivity index (χ1n) is 6.00. The summed E-state index contributed by atoms with van der Waals surface area (Å²) in [5.41, 5.74) is 1.24. The van der Waals surface area contributed by atoms with Gasteiger partial charge in [-0.15, -0.1) is 11.6 Å². The number of carbonyl (C=O) groups is 1. The van der Waals surface area contributed by atoms with E-state index in [-0.39, 0.29) is 5.97 Å². The summed E-state index contributed by atoms with van der Waals surface area (Å²) in [7, 11) is 0. The van der Waals surface area contributed by atoms with Gasteiger partial charge < -0.3 is 4.74 Å². The van der Waals surface area contributed by atoms with Crippen molar-refractivity contribution < 1.29 is 9.53 Å². The molecule has 0 N–H and O–H groups in total. The number of hydrogen-bond donors (Lipinski definition) is 0. The second kappa shape index (κ2) is 7.33. The summed E-state index contributed by atoms with van der Waals surface area (Å²) in [5.74, 6) is 1.51. The molecule has 94 valence electrons. The van der Waals surface area contributed by atoms with Crippen LogP contribution in [0.2, 0.25) is 0 Å². The van der Waals surface area contributed by atoms with E-state index >= 15 is 0 Å². The molecule has 0 radical (unpaired) electrons. The van der Waals surface area contributed by atoms with Crippen LogP contribution in [0.25, 0.3) is 0 Å². The summed E-state index contributed by atoms with van der Waals surface area (Å²) >= 11 is 5.54. The molecule has 3 heteroatoms. The first-order valence-corrected chi connectivity index (χ1v) is 6.53. The van der Waals surface area contributed by atoms with Gasteiger partial charge in [-0.05, 0) is 36.5 Å². The molecule has 0 bridgehead atoms. The molecule has 0 spiro atoms. The Labute approximate surface area is 108 Å². The van der Waals surface area contributed by atoms with Gasteiger partial charge in [-0.25, -0.2) is 0 Å². The fourth-order valence-corrected chi connectivity index (χ4v) is 1.66. The standard InChI is InChI=1S/C14H19ClO2/c1-11(2)12-6-8-13(9-7-12)17-14(16)5-3-4-10-15/h6-9,11H,3-5,10H2,1-2H3. The summed E-state index contributed by atoms with van der Waals surface area (Å²) < 4.78 is 5.21. The SMILES string of the molecule is CC(C)c1ccc(OC(=O)CCCCCl)cc1. The average Bonchev–Trinajstić information content (AvgIpc) is 2.30. The molecule has 17 heavy (non-hydrogen) atoms. The molecule has 0 amide bonds. The van der Waals surface area contributed by atoms with E-state index < -0.39 is 0 Å². The Balaban J connectivity index is 2.43. The van der Waals surface area contributed by atoms with E-state index in [9.17, 15) is 4.79 Å². The molecule has 0 heterocycles. The maximum Gasteiger partial charge on any atom is 0.311 e. The van der Waals surface area contributed by atoms with Gasteiger partial charge in [0, 0.05) is 12.3 Å². The third-order valence-electron chi connectivity index (χ3n) is 2.54. The number of ether oxygens (including phenoxy) is 1. The van der Waals surface area contributed by atoms with Crippen LogP contribution in [-0.4, -0.2) is 11.8 Å². The molecule has 0 aliphatic carbocycles. The topological polar surface area (TPSA) is 26.3 Å². The Bertz CT molecular complexity index is 344. The van der Waals surface area contributed by atoms with Crippen LogP contribution in [0, 0.1) is 0 Å². The summed E-state index contributed by atoms with van der Waals surface area (Å²) in [6, 6.07) is 7.67. The zero-order valence-electron chi connectivity index (χ0n) is 10.4. The van der Waals surface area contributed by atoms with E-state index in [0.717, 1.165) is 12.8 Å². The van der Waals surface area contributed by atoms with Gasteiger partial charge in [-0.1, -0.05) is 26.0 Å². The van der Waals surface area contributed by atoms with E-state index in [1.54, 1.807) is 0 Å². The normalized spacial score (nSPS) is 10.6. The van der Waals surface area contributed by atoms with Crippen LogP contribution < -0.4 is 4.74 Å². The van der Waals surface area contributed by atoms with Crippen LogP contribution in [-0.2, 0) is 4.79 Å². The molecule has 0 aromatic heterocycles. The van der Waals surface area contributed by atoms with Gasteiger partial charge in [0.1, 0.15) is 5.75 Å². The fraction of sp³-hybridized carbons (Fsp3) is 0.500. The van der Waals surface area contributed by atoms with Gasteiger partial charge in [0.15, 0.2) is 0 Å². The number of rotatable bonds is 6. The Hall–Kier alpha value is -1.02. The number of carbonyl (C=O) groups excluding carboxylic acids is 1. The minimum atomic E-state index is -0.188. The number of unbranched alkanes of at least 4 members (excludes halogenated alkanes) is 1. The predicted octanol–water partition coefficient (Wildman–Crippen LogP) is 4.12. The van der Waals surface area contributed by atoms with Gasteiger partial charge >= 0.3 is 5.97 Å². The molecule has 0 aliphatic rings. The number of alkyl halides is 1. The molecule has 1 aromatic carbocycles. The molecule has 0 saturated carbocycles. The minimum absolute atomic E-state index is 0.188. The van der Waals surface area contributed by atoms with E-state index in [4.69, 9.17) is 16.3 Å². The van der Waals surface area contributed by atoms with E-state index in [2.05, 4.69) is 13.8 Å². The van der Waals surface area contributed by atoms with Gasteiger partial charge in [-0.2, -0.15) is 0 Å². The van der Waals surface area contributed by atoms with Crippen LogP contribution in [0.3, 0.4) is 0 Å². The van der Waals surface area contributed by atoms with Crippen molar-refractivity contribution in [2.75, 3.05) is 5.88 Å². The highest BCUT2D eigenvalue weighted by Crippen LogP contribution is 2.19. The Morgan fingerprint density at radius 3 is 2.41 bits per heavy atom. The first kappa shape index (κ1) is 14.0. The number of benzene rings is 1. The summed E-state index contributed by atoms with van der Waals surface area (Å²) in [6.45, 7) is 4.26. The Morgan fingerprint density at radius 2 is 1.88 bits per heavy atom. The van der Waals surface area contributed by atoms with Gasteiger partial charge in [0.05, 0.1) is 0 Å². The van der Waals surface area contributed by atoms with Crippen LogP contribution in [0.5, 0.6) is 5.75 Å². The van der Waals surface area contributed by atoms with Crippen LogP contribution in [0.4, 0.5) is 0 Å². The largest absolute Gasteiger partial charge is 0.427 e. The van der Waals surface area contributed by atoms with Gasteiger partial charge in [0.25, 0.3) is 0 Å². The molecule has 0 atom stereocenters. The molecule has 0 unspecified atom stereocenters. The average molecular weight is 255 g/mol. The summed E-state index contributed by atoms with van der Waals surface area (Å²) in [5, 5.41) is 0. The zero-order chi connectivity index (χ0) is 12.7. The number of esters is 1. The molecule has 0 aliphatic heterocycles. The predicted molar refractivity (Wildman–Crippen MR) is 70.7 cm³/mol. The van der Waals surface area contributed by atoms with Crippen LogP contribution in [0.15, 0.2) is 24.3 Å². The highest BCUT2D eigenvalue weighted by atomic mass is 35.5. The third kappa shape index (κ3) is 5.22. The van der Waals surface area contributed by atoms with Crippen molar-refractivity contribution in [1.29, 1.82) is 0 Å². The van der Waals surface area contributed by atoms with Crippen molar-refractivity contribution in [3.63, 3.8) is 0 Å². The Morgan fingerprint density at radius 1 is 1.24 bits per heavy atom. The highest BCUT2D eigenvalue weighted by Gasteiger charge is 2.05. The van der Waals surface area contributed by atoms with E-state index in [1.165, 1.54) is 5.56 Å². The third-order valence-corrected chi connectivity index (χ3v) is 2.81. The summed E-state index contributed by atoms with van der Waals surface area (Å²) in [6.07, 6.45) is 2.06. The zero-order valence-corrected chi connectivity index (χ0v) is 11.2. The lowest BCUT2D eigenvalue weighted by molar-refractivity contribution is -0.134. The molecular formula is C14H19ClO2. The maximum absolute atomic E-state index is 11.4. The lowest BCUT2D eigenvalue weighted by Gasteiger charge is -2.07. The monoisotopic (exact) mass is 254 g/mol. The van der Waals surface area contributed by atoms with Crippen molar-refractivity contribution in [3.05, 3.63) is 29.8 Å². The maximum atomic E-state index is 11.4. The van der Waals surface area contributed by atoms with Crippen molar-refractivity contribution in [1.82, 2.24) is 0 Å². The minimum Gasteiger partial charge on any atom is -0.427 e. The lowest BCUT2D eigenvalue weighted by Crippen LogP contribution is -2.07. The second-order valence-corrected chi connectivity index (χ2v) is 4.72. The molecular weight excluding hydrogens is 236 g/mol. The fourth-order valence-electron chi connectivity index (χ4n) is 1.47. The van der Waals surface area contributed by atoms with E-state index in [0.29, 0.717) is 24.0 Å². The lowest BCUT2D eigenvalue weighted by atomic mass is 10.0. The summed E-state index contributed by atoms with van der Waals surface area (Å²) in [4.78, 5) is 11.4. The second-order valence-electron chi connectivity index (χ2n) is 4.34. The van der Waals surface area contributed by atoms with E-state index in [1.807, 2.05) is 24.3 Å². The molecule has 0 saturated heterocycles. The molecule has 1 aromatic rings. The number of halogens is 1. The molecule has 0 fully saturated rings. The molecule has 1 rings (SSSR count). The Kier molecular flexibility index (Phi) is 6.06. The smallest absolute Gasteiger partial charge is 0.311 e. The van der Waals surface area contributed by atoms with Crippen molar-refractivity contribution in [2.24, 2.45) is 0 Å². The van der Waals surface area contributed by atoms with Gasteiger partial charge in [-0.3, -0.25) is 4.79 Å². The quantitative estimate of drug-likeness (QED) is 0.330. The van der Waals surface area contributed by atoms with Crippen molar-refractivity contribution in [2.45, 2.75) is 39.0 Å². The first-order chi connectivity index (χ1) is 8.13. The van der Waals surface area contributed by atoms with Crippen LogP contribution in [0.1, 0.15) is 44.6 Å². The van der Waals surface area contributed by atoms with Crippen LogP contribution >= 0.6 is 11.6 Å². The van der Waals surface area contributed by atoms with Crippen molar-refractivity contribution >= 4 is 17.6 Å².